The summed E-state index contributed by atoms with van der Waals surface area (Å²) in [5.41, 5.74) is 8.32. The van der Waals surface area contributed by atoms with Gasteiger partial charge in [-0.1, -0.05) is 0 Å². The summed E-state index contributed by atoms with van der Waals surface area (Å²) >= 11 is 2.27. The van der Waals surface area contributed by atoms with E-state index in [9.17, 15) is 0 Å². The maximum Gasteiger partial charge on any atom is 0.0739 e. The van der Waals surface area contributed by atoms with Gasteiger partial charge in [0.25, 0.3) is 0 Å². The van der Waals surface area contributed by atoms with E-state index in [2.05, 4.69) is 32.9 Å². The van der Waals surface area contributed by atoms with E-state index >= 15 is 0 Å². The van der Waals surface area contributed by atoms with Crippen LogP contribution in [0.4, 0.5) is 17.1 Å². The summed E-state index contributed by atoms with van der Waals surface area (Å²) < 4.78 is 1.21. The van der Waals surface area contributed by atoms with Crippen molar-refractivity contribution in [3.63, 3.8) is 0 Å². The van der Waals surface area contributed by atoms with Crippen molar-refractivity contribution >= 4 is 39.7 Å². The van der Waals surface area contributed by atoms with Crippen molar-refractivity contribution in [3.05, 3.63) is 46.3 Å². The van der Waals surface area contributed by atoms with Gasteiger partial charge in [0.1, 0.15) is 0 Å². The van der Waals surface area contributed by atoms with Crippen molar-refractivity contribution in [2.45, 2.75) is 0 Å². The molecule has 0 fully saturated rings. The second-order valence-electron chi connectivity index (χ2n) is 3.09. The lowest BCUT2D eigenvalue weighted by Crippen LogP contribution is -1.96. The van der Waals surface area contributed by atoms with Crippen LogP contribution in [0, 0.1) is 3.57 Å². The zero-order valence-electron chi connectivity index (χ0n) is 7.94. The van der Waals surface area contributed by atoms with Gasteiger partial charge in [0, 0.05) is 15.5 Å². The van der Waals surface area contributed by atoms with Gasteiger partial charge in [-0.2, -0.15) is 0 Å². The van der Waals surface area contributed by atoms with Crippen molar-refractivity contribution in [2.24, 2.45) is 0 Å². The molecule has 3 N–H and O–H groups in total. The van der Waals surface area contributed by atoms with Gasteiger partial charge in [-0.25, -0.2) is 0 Å². The highest BCUT2D eigenvalue weighted by molar-refractivity contribution is 14.1. The molecule has 0 saturated carbocycles. The number of halogens is 1. The number of nitrogens with one attached hydrogen (secondary N) is 1. The first-order valence-electron chi connectivity index (χ1n) is 4.48. The molecule has 0 unspecified atom stereocenters. The summed E-state index contributed by atoms with van der Waals surface area (Å²) in [5, 5.41) is 3.23. The first-order valence-corrected chi connectivity index (χ1v) is 5.55. The number of benzene rings is 1. The average molecular weight is 311 g/mol. The van der Waals surface area contributed by atoms with E-state index in [0.717, 1.165) is 11.4 Å². The number of hydrogen-bond donors (Lipinski definition) is 2. The molecule has 0 bridgehead atoms. The van der Waals surface area contributed by atoms with Crippen LogP contribution in [0.3, 0.4) is 0 Å². The van der Waals surface area contributed by atoms with Crippen molar-refractivity contribution in [1.82, 2.24) is 4.98 Å². The second kappa shape index (κ2) is 4.48. The maximum atomic E-state index is 5.77. The number of pyridine rings is 1. The van der Waals surface area contributed by atoms with E-state index in [0.29, 0.717) is 5.69 Å². The molecule has 1 aromatic carbocycles. The molecule has 0 spiro atoms. The molecule has 1 heterocycles. The van der Waals surface area contributed by atoms with Crippen LogP contribution in [0.2, 0.25) is 0 Å². The Hall–Kier alpha value is -1.30. The Morgan fingerprint density at radius 2 is 1.87 bits per heavy atom. The fraction of sp³-hybridized carbons (Fsp3) is 0. The Morgan fingerprint density at radius 1 is 1.13 bits per heavy atom. The predicted molar refractivity (Wildman–Crippen MR) is 71.1 cm³/mol. The van der Waals surface area contributed by atoms with Gasteiger partial charge in [0.05, 0.1) is 17.6 Å². The number of nitrogens with two attached hydrogens (primary N) is 1. The smallest absolute Gasteiger partial charge is 0.0739 e. The third-order valence-electron chi connectivity index (χ3n) is 1.98. The topological polar surface area (TPSA) is 50.9 Å². The van der Waals surface area contributed by atoms with E-state index in [1.54, 1.807) is 12.4 Å². The monoisotopic (exact) mass is 311 g/mol. The quantitative estimate of drug-likeness (QED) is 0.838. The van der Waals surface area contributed by atoms with Gasteiger partial charge < -0.3 is 11.1 Å². The third-order valence-corrected chi connectivity index (χ3v) is 2.69. The summed E-state index contributed by atoms with van der Waals surface area (Å²) in [4.78, 5) is 3.93. The molecule has 0 amide bonds. The molecular weight excluding hydrogens is 301 g/mol. The lowest BCUT2D eigenvalue weighted by molar-refractivity contribution is 1.33. The van der Waals surface area contributed by atoms with Gasteiger partial charge in [0.15, 0.2) is 0 Å². The number of nitrogens with zero attached hydrogens (tertiary/aromatic N) is 1. The highest BCUT2D eigenvalue weighted by atomic mass is 127. The van der Waals surface area contributed by atoms with Gasteiger partial charge in [0.2, 0.25) is 0 Å². The molecule has 0 saturated heterocycles. The van der Waals surface area contributed by atoms with Crippen LogP contribution in [0.15, 0.2) is 42.7 Å². The molecule has 0 atom stereocenters. The van der Waals surface area contributed by atoms with Crippen LogP contribution >= 0.6 is 22.6 Å². The third kappa shape index (κ3) is 2.59. The SMILES string of the molecule is Nc1cnccc1Nc1ccc(I)cc1. The standard InChI is InChI=1S/C11H10IN3/c12-8-1-3-9(4-2-8)15-11-5-6-14-7-10(11)13/h1-7H,13H2,(H,14,15). The molecule has 0 aliphatic carbocycles. The summed E-state index contributed by atoms with van der Waals surface area (Å²) in [5.74, 6) is 0. The van der Waals surface area contributed by atoms with Crippen LogP contribution in [0.25, 0.3) is 0 Å². The van der Waals surface area contributed by atoms with E-state index in [1.807, 2.05) is 30.3 Å². The molecule has 2 aromatic rings. The van der Waals surface area contributed by atoms with Gasteiger partial charge >= 0.3 is 0 Å². The first-order chi connectivity index (χ1) is 7.25. The number of rotatable bonds is 2. The van der Waals surface area contributed by atoms with Crippen molar-refractivity contribution < 1.29 is 0 Å². The summed E-state index contributed by atoms with van der Waals surface area (Å²) in [7, 11) is 0. The highest BCUT2D eigenvalue weighted by Gasteiger charge is 1.98. The largest absolute Gasteiger partial charge is 0.396 e. The lowest BCUT2D eigenvalue weighted by Gasteiger charge is -2.08. The fourth-order valence-electron chi connectivity index (χ4n) is 1.21. The minimum Gasteiger partial charge on any atom is -0.396 e. The van der Waals surface area contributed by atoms with Crippen LogP contribution in [0.5, 0.6) is 0 Å². The molecule has 3 nitrogen and oxygen atoms in total. The van der Waals surface area contributed by atoms with E-state index < -0.39 is 0 Å². The van der Waals surface area contributed by atoms with E-state index in [-0.39, 0.29) is 0 Å². The van der Waals surface area contributed by atoms with E-state index in [4.69, 9.17) is 5.73 Å². The van der Waals surface area contributed by atoms with Crippen molar-refractivity contribution in [1.29, 1.82) is 0 Å². The summed E-state index contributed by atoms with van der Waals surface area (Å²) in [6.45, 7) is 0. The van der Waals surface area contributed by atoms with Crippen molar-refractivity contribution in [3.8, 4) is 0 Å². The minimum absolute atomic E-state index is 0.649. The normalized spacial score (nSPS) is 9.93. The molecule has 15 heavy (non-hydrogen) atoms. The number of anilines is 3. The molecule has 0 aliphatic heterocycles. The predicted octanol–water partition coefficient (Wildman–Crippen LogP) is 3.01. The Kier molecular flexibility index (Phi) is 3.05. The molecule has 4 heteroatoms. The Bertz CT molecular complexity index is 454. The van der Waals surface area contributed by atoms with Crippen LogP contribution in [-0.2, 0) is 0 Å². The summed E-state index contributed by atoms with van der Waals surface area (Å²) in [6.07, 6.45) is 3.35. The van der Waals surface area contributed by atoms with E-state index in [1.165, 1.54) is 3.57 Å². The molecular formula is C11H10IN3. The minimum atomic E-state index is 0.649. The van der Waals surface area contributed by atoms with Gasteiger partial charge in [-0.3, -0.25) is 4.98 Å². The maximum absolute atomic E-state index is 5.77. The van der Waals surface area contributed by atoms with Crippen LogP contribution < -0.4 is 11.1 Å². The van der Waals surface area contributed by atoms with Gasteiger partial charge in [-0.05, 0) is 52.9 Å². The molecule has 76 valence electrons. The molecule has 0 aliphatic rings. The lowest BCUT2D eigenvalue weighted by atomic mass is 10.3. The molecule has 2 rings (SSSR count). The fourth-order valence-corrected chi connectivity index (χ4v) is 1.57. The number of nitrogen functional groups attached to an aromatic ring is 1. The Balaban J connectivity index is 2.22. The Labute approximate surface area is 102 Å². The van der Waals surface area contributed by atoms with Crippen LogP contribution in [-0.4, -0.2) is 4.98 Å². The second-order valence-corrected chi connectivity index (χ2v) is 4.34. The molecule has 0 radical (unpaired) electrons. The van der Waals surface area contributed by atoms with Crippen LogP contribution in [0.1, 0.15) is 0 Å². The van der Waals surface area contributed by atoms with Crippen molar-refractivity contribution in [2.75, 3.05) is 11.1 Å². The molecule has 1 aromatic heterocycles. The first kappa shape index (κ1) is 10.2. The zero-order valence-corrected chi connectivity index (χ0v) is 10.1. The number of hydrogen-bond acceptors (Lipinski definition) is 3. The highest BCUT2D eigenvalue weighted by Crippen LogP contribution is 2.21. The Morgan fingerprint density at radius 3 is 2.53 bits per heavy atom. The average Bonchev–Trinajstić information content (AvgIpc) is 2.25. The van der Waals surface area contributed by atoms with Gasteiger partial charge in [-0.15, -0.1) is 0 Å². The summed E-state index contributed by atoms with van der Waals surface area (Å²) in [6, 6.07) is 9.97. The zero-order chi connectivity index (χ0) is 10.7. The number of aromatic nitrogens is 1.